The first-order valence-corrected chi connectivity index (χ1v) is 15.8. The molecular weight excluding hydrogens is 490 g/mol. The largest absolute Gasteiger partial charge is 0.392 e. The van der Waals surface area contributed by atoms with Gasteiger partial charge in [0.2, 0.25) is 0 Å². The van der Waals surface area contributed by atoms with Crippen LogP contribution in [0.3, 0.4) is 0 Å². The Morgan fingerprint density at radius 1 is 0.821 bits per heavy atom. The maximum Gasteiger partial charge on any atom is 0.332 e. The first kappa shape index (κ1) is 31.2. The van der Waals surface area contributed by atoms with Crippen LogP contribution in [0.2, 0.25) is 0 Å². The highest BCUT2D eigenvalue weighted by atomic mass is 16.6. The fourth-order valence-electron chi connectivity index (χ4n) is 5.72. The number of hydrogen-bond donors (Lipinski definition) is 0. The molecular formula is C31H53N5O3. The van der Waals surface area contributed by atoms with Crippen LogP contribution in [-0.2, 0) is 25.5 Å². The molecule has 0 amide bonds. The number of nitrogens with zero attached hydrogens (tertiary/aromatic N) is 5. The molecule has 1 unspecified atom stereocenters. The van der Waals surface area contributed by atoms with Gasteiger partial charge >= 0.3 is 5.69 Å². The van der Waals surface area contributed by atoms with Crippen LogP contribution in [0.5, 0.6) is 0 Å². The summed E-state index contributed by atoms with van der Waals surface area (Å²) in [6, 6.07) is 0. The predicted octanol–water partition coefficient (Wildman–Crippen LogP) is 7.01. The highest BCUT2D eigenvalue weighted by Crippen LogP contribution is 2.21. The topological polar surface area (TPSA) is 83.4 Å². The minimum absolute atomic E-state index is 0.238. The maximum atomic E-state index is 12.8. The molecule has 0 radical (unpaired) electrons. The van der Waals surface area contributed by atoms with Crippen LogP contribution >= 0.6 is 0 Å². The summed E-state index contributed by atoms with van der Waals surface area (Å²) >= 11 is 0. The van der Waals surface area contributed by atoms with E-state index in [1.807, 2.05) is 0 Å². The summed E-state index contributed by atoms with van der Waals surface area (Å²) in [5.74, 6) is 0. The third kappa shape index (κ3) is 9.95. The van der Waals surface area contributed by atoms with E-state index in [0.717, 1.165) is 38.5 Å². The van der Waals surface area contributed by atoms with E-state index >= 15 is 0 Å². The molecule has 39 heavy (non-hydrogen) atoms. The average Bonchev–Trinajstić information content (AvgIpc) is 3.55. The lowest BCUT2D eigenvalue weighted by atomic mass is 10.0. The number of imidazole rings is 1. The summed E-state index contributed by atoms with van der Waals surface area (Å²) in [6.07, 6.45) is 26.7. The van der Waals surface area contributed by atoms with Gasteiger partial charge in [0.25, 0.3) is 5.56 Å². The minimum atomic E-state index is -0.282. The Morgan fingerprint density at radius 3 is 2.08 bits per heavy atom. The van der Waals surface area contributed by atoms with Crippen LogP contribution in [0.4, 0.5) is 0 Å². The molecule has 2 aromatic heterocycles. The first-order chi connectivity index (χ1) is 19.0. The third-order valence-corrected chi connectivity index (χ3v) is 8.22. The van der Waals surface area contributed by atoms with E-state index in [1.54, 1.807) is 25.0 Å². The lowest BCUT2D eigenvalue weighted by Gasteiger charge is -2.09. The van der Waals surface area contributed by atoms with Gasteiger partial charge in [-0.3, -0.25) is 13.9 Å². The summed E-state index contributed by atoms with van der Waals surface area (Å²) in [5.41, 5.74) is 1.69. The number of aromatic nitrogens is 4. The molecule has 3 rings (SSSR count). The molecule has 8 heteroatoms. The lowest BCUT2D eigenvalue weighted by molar-refractivity contribution is 0.0770. The van der Waals surface area contributed by atoms with Crippen molar-refractivity contribution in [3.63, 3.8) is 0 Å². The van der Waals surface area contributed by atoms with E-state index in [9.17, 15) is 9.59 Å². The van der Waals surface area contributed by atoms with Gasteiger partial charge in [0.15, 0.2) is 11.2 Å². The Balaban J connectivity index is 1.15. The van der Waals surface area contributed by atoms with Gasteiger partial charge < -0.3 is 9.40 Å². The van der Waals surface area contributed by atoms with Gasteiger partial charge in [-0.25, -0.2) is 9.78 Å². The number of unbranched alkanes of at least 4 members (excludes halogenated alkanes) is 15. The van der Waals surface area contributed by atoms with Crippen LogP contribution in [0, 0.1) is 0 Å². The molecule has 0 spiro atoms. The van der Waals surface area contributed by atoms with Crippen LogP contribution in [-0.4, -0.2) is 30.5 Å². The molecule has 0 aliphatic carbocycles. The van der Waals surface area contributed by atoms with Crippen molar-refractivity contribution < 1.29 is 4.84 Å². The molecule has 0 aromatic carbocycles. The summed E-state index contributed by atoms with van der Waals surface area (Å²) in [7, 11) is 3.46. The second-order valence-corrected chi connectivity index (χ2v) is 11.6. The third-order valence-electron chi connectivity index (χ3n) is 8.22. The molecule has 0 saturated heterocycles. The molecule has 1 aliphatic heterocycles. The number of hydrogen-bond acceptors (Lipinski definition) is 5. The summed E-state index contributed by atoms with van der Waals surface area (Å²) < 4.78 is 4.52. The van der Waals surface area contributed by atoms with E-state index in [0.29, 0.717) is 23.8 Å². The zero-order valence-electron chi connectivity index (χ0n) is 25.0. The van der Waals surface area contributed by atoms with Gasteiger partial charge in [-0.15, -0.1) is 0 Å². The van der Waals surface area contributed by atoms with Crippen molar-refractivity contribution in [2.24, 2.45) is 19.3 Å². The quantitative estimate of drug-likeness (QED) is 0.159. The smallest absolute Gasteiger partial charge is 0.332 e. The second kappa shape index (κ2) is 17.3. The molecule has 0 fully saturated rings. The molecule has 3 heterocycles. The molecule has 0 N–H and O–H groups in total. The standard InChI is InChI=1S/C31H53N5O3/c1-4-5-6-7-8-9-10-12-15-18-21-26-24-27(39-33-26)22-19-16-13-11-14-17-20-23-36-30(37)28-29(32-25-34(28)2)35(3)31(36)38/h25,27H,4-24H2,1-3H3. The summed E-state index contributed by atoms with van der Waals surface area (Å²) in [6.45, 7) is 2.74. The highest BCUT2D eigenvalue weighted by Gasteiger charge is 2.20. The normalized spacial score (nSPS) is 15.3. The van der Waals surface area contributed by atoms with Crippen molar-refractivity contribution >= 4 is 16.9 Å². The van der Waals surface area contributed by atoms with Gasteiger partial charge in [0.05, 0.1) is 12.0 Å². The maximum absolute atomic E-state index is 12.8. The van der Waals surface area contributed by atoms with Crippen molar-refractivity contribution in [1.29, 1.82) is 0 Å². The molecule has 1 aliphatic rings. The molecule has 8 nitrogen and oxygen atoms in total. The van der Waals surface area contributed by atoms with Crippen LogP contribution in [0.1, 0.15) is 135 Å². The fourth-order valence-corrected chi connectivity index (χ4v) is 5.72. The number of aryl methyl sites for hydroxylation is 2. The average molecular weight is 544 g/mol. The van der Waals surface area contributed by atoms with Crippen LogP contribution in [0.25, 0.3) is 11.2 Å². The van der Waals surface area contributed by atoms with Gasteiger partial charge in [0, 0.05) is 27.1 Å². The molecule has 2 aromatic rings. The van der Waals surface area contributed by atoms with Crippen LogP contribution < -0.4 is 11.2 Å². The summed E-state index contributed by atoms with van der Waals surface area (Å²) in [4.78, 5) is 35.2. The minimum Gasteiger partial charge on any atom is -0.392 e. The van der Waals surface area contributed by atoms with Crippen molar-refractivity contribution in [1.82, 2.24) is 18.7 Å². The predicted molar refractivity (Wildman–Crippen MR) is 161 cm³/mol. The summed E-state index contributed by atoms with van der Waals surface area (Å²) in [5, 5.41) is 4.37. The van der Waals surface area contributed by atoms with Crippen molar-refractivity contribution in [2.75, 3.05) is 0 Å². The lowest BCUT2D eigenvalue weighted by Crippen LogP contribution is -2.39. The van der Waals surface area contributed by atoms with E-state index in [2.05, 4.69) is 17.1 Å². The van der Waals surface area contributed by atoms with E-state index in [-0.39, 0.29) is 11.2 Å². The first-order valence-electron chi connectivity index (χ1n) is 15.8. The molecule has 1 atom stereocenters. The van der Waals surface area contributed by atoms with E-state index in [1.165, 1.54) is 105 Å². The Morgan fingerprint density at radius 2 is 1.41 bits per heavy atom. The SMILES string of the molecule is CCCCCCCCCCCCC1=NOC(CCCCCCCCCn2c(=O)c3c(ncn3C)n(C)c2=O)C1. The van der Waals surface area contributed by atoms with Crippen LogP contribution in [0.15, 0.2) is 21.1 Å². The number of rotatable bonds is 21. The highest BCUT2D eigenvalue weighted by molar-refractivity contribution is 5.85. The van der Waals surface area contributed by atoms with Crippen molar-refractivity contribution in [3.8, 4) is 0 Å². The Hall–Kier alpha value is -2.38. The van der Waals surface area contributed by atoms with E-state index < -0.39 is 0 Å². The van der Waals surface area contributed by atoms with Crippen molar-refractivity contribution in [3.05, 3.63) is 27.2 Å². The van der Waals surface area contributed by atoms with Gasteiger partial charge in [-0.2, -0.15) is 0 Å². The monoisotopic (exact) mass is 543 g/mol. The molecule has 0 saturated carbocycles. The zero-order chi connectivity index (χ0) is 27.9. The van der Waals surface area contributed by atoms with Crippen molar-refractivity contribution in [2.45, 2.75) is 148 Å². The molecule has 0 bridgehead atoms. The Labute approximate surface area is 234 Å². The second-order valence-electron chi connectivity index (χ2n) is 11.6. The number of fused-ring (bicyclic) bond motifs is 1. The fraction of sp³-hybridized carbons (Fsp3) is 0.806. The van der Waals surface area contributed by atoms with Gasteiger partial charge in [-0.1, -0.05) is 102 Å². The Bertz CT molecular complexity index is 1130. The van der Waals surface area contributed by atoms with Gasteiger partial charge in [0.1, 0.15) is 6.10 Å². The van der Waals surface area contributed by atoms with E-state index in [4.69, 9.17) is 4.84 Å². The number of oxime groups is 1. The Kier molecular flexibility index (Phi) is 13.9. The zero-order valence-corrected chi connectivity index (χ0v) is 25.0. The van der Waals surface area contributed by atoms with Gasteiger partial charge in [-0.05, 0) is 32.1 Å². The molecule has 220 valence electrons.